The summed E-state index contributed by atoms with van der Waals surface area (Å²) in [5, 5.41) is 0.342. The highest BCUT2D eigenvalue weighted by atomic mass is 35.5. The molecule has 0 bridgehead atoms. The second-order valence-electron chi connectivity index (χ2n) is 7.69. The number of hydrogen-bond donors (Lipinski definition) is 2. The first kappa shape index (κ1) is 26.4. The van der Waals surface area contributed by atoms with E-state index < -0.39 is 46.0 Å². The number of halogens is 2. The summed E-state index contributed by atoms with van der Waals surface area (Å²) in [6, 6.07) is 12.2. The minimum Gasteiger partial charge on any atom is -0.497 e. The Morgan fingerprint density at radius 3 is 2.26 bits per heavy atom. The fraction of sp³-hybridized carbons (Fsp3) is 0.318. The molecule has 3 amide bonds. The van der Waals surface area contributed by atoms with Crippen molar-refractivity contribution in [3.63, 3.8) is 0 Å². The molecule has 0 saturated carbocycles. The van der Waals surface area contributed by atoms with E-state index in [4.69, 9.17) is 22.1 Å². The molecule has 13 heteroatoms. The third kappa shape index (κ3) is 6.08. The van der Waals surface area contributed by atoms with Crippen LogP contribution in [0.1, 0.15) is 12.8 Å². The molecule has 10 nitrogen and oxygen atoms in total. The summed E-state index contributed by atoms with van der Waals surface area (Å²) >= 11 is 5.13. The van der Waals surface area contributed by atoms with Crippen LogP contribution >= 0.6 is 11.6 Å². The summed E-state index contributed by atoms with van der Waals surface area (Å²) in [5.41, 5.74) is 6.22. The van der Waals surface area contributed by atoms with Crippen molar-refractivity contribution in [2.24, 2.45) is 5.73 Å². The van der Waals surface area contributed by atoms with Crippen molar-refractivity contribution in [1.82, 2.24) is 14.7 Å². The zero-order chi connectivity index (χ0) is 25.8. The van der Waals surface area contributed by atoms with E-state index in [1.165, 1.54) is 12.1 Å². The molecule has 0 spiro atoms. The molecule has 1 aliphatic rings. The highest BCUT2D eigenvalue weighted by Gasteiger charge is 2.40. The lowest BCUT2D eigenvalue weighted by Crippen LogP contribution is -2.56. The smallest absolute Gasteiger partial charge is 0.291 e. The number of carbonyl (C=O) groups excluding carboxylic acids is 3. The molecule has 188 valence electrons. The number of nitrogens with zero attached hydrogens (tertiary/aromatic N) is 2. The van der Waals surface area contributed by atoms with Crippen LogP contribution < -0.4 is 15.9 Å². The number of amides is 3. The zero-order valence-corrected chi connectivity index (χ0v) is 20.3. The number of rotatable bonds is 8. The molecule has 0 aliphatic carbocycles. The maximum Gasteiger partial charge on any atom is 0.291 e. The minimum atomic E-state index is -4.08. The van der Waals surface area contributed by atoms with E-state index in [1.54, 1.807) is 31.4 Å². The SMILES string of the molecule is COc1ccc(-c2ccc(S(=O)(=O)N3CCC[C@H]3C(=O)NN(CC(N)=O)C(=O)[C@@H](F)Cl)cc2)cc1. The van der Waals surface area contributed by atoms with E-state index in [1.807, 2.05) is 12.1 Å². The fourth-order valence-electron chi connectivity index (χ4n) is 3.68. The third-order valence-electron chi connectivity index (χ3n) is 5.40. The van der Waals surface area contributed by atoms with E-state index in [-0.39, 0.29) is 17.9 Å². The van der Waals surface area contributed by atoms with E-state index in [9.17, 15) is 27.2 Å². The molecular weight excluding hydrogens is 503 g/mol. The summed E-state index contributed by atoms with van der Waals surface area (Å²) in [6.07, 6.45) is 0.541. The van der Waals surface area contributed by atoms with Crippen LogP contribution in [0.2, 0.25) is 0 Å². The quantitative estimate of drug-likeness (QED) is 0.393. The molecule has 2 aromatic carbocycles. The van der Waals surface area contributed by atoms with E-state index in [2.05, 4.69) is 5.43 Å². The number of sulfonamides is 1. The molecule has 1 heterocycles. The van der Waals surface area contributed by atoms with Crippen LogP contribution in [-0.4, -0.2) is 67.3 Å². The largest absolute Gasteiger partial charge is 0.497 e. The Kier molecular flexibility index (Phi) is 8.30. The first-order valence-electron chi connectivity index (χ1n) is 10.5. The topological polar surface area (TPSA) is 139 Å². The number of nitrogens with one attached hydrogen (secondary N) is 1. The molecule has 0 aromatic heterocycles. The minimum absolute atomic E-state index is 0.0240. The van der Waals surface area contributed by atoms with Crippen molar-refractivity contribution in [2.75, 3.05) is 20.2 Å². The van der Waals surface area contributed by atoms with Crippen LogP contribution in [0.5, 0.6) is 5.75 Å². The molecule has 0 radical (unpaired) electrons. The maximum absolute atomic E-state index is 13.3. The summed E-state index contributed by atoms with van der Waals surface area (Å²) < 4.78 is 46.0. The monoisotopic (exact) mass is 526 g/mol. The molecule has 0 unspecified atom stereocenters. The Morgan fingerprint density at radius 2 is 1.74 bits per heavy atom. The second-order valence-corrected chi connectivity index (χ2v) is 9.97. The Morgan fingerprint density at radius 1 is 1.17 bits per heavy atom. The first-order chi connectivity index (χ1) is 16.5. The number of benzene rings is 2. The number of hydrazine groups is 1. The Balaban J connectivity index is 1.79. The molecule has 2 aromatic rings. The van der Waals surface area contributed by atoms with E-state index in [0.717, 1.165) is 15.4 Å². The van der Waals surface area contributed by atoms with Crippen molar-refractivity contribution in [3.05, 3.63) is 48.5 Å². The molecule has 2 atom stereocenters. The van der Waals surface area contributed by atoms with Gasteiger partial charge in [0.15, 0.2) is 0 Å². The summed E-state index contributed by atoms with van der Waals surface area (Å²) in [6.45, 7) is -0.768. The van der Waals surface area contributed by atoms with Gasteiger partial charge < -0.3 is 10.5 Å². The van der Waals surface area contributed by atoms with Crippen molar-refractivity contribution >= 4 is 39.3 Å². The van der Waals surface area contributed by atoms with Crippen molar-refractivity contribution in [2.45, 2.75) is 29.4 Å². The second kappa shape index (κ2) is 11.0. The third-order valence-corrected chi connectivity index (χ3v) is 7.51. The van der Waals surface area contributed by atoms with Crippen LogP contribution in [0.15, 0.2) is 53.4 Å². The van der Waals surface area contributed by atoms with Crippen molar-refractivity contribution < 1.29 is 31.9 Å². The Labute approximate surface area is 206 Å². The maximum atomic E-state index is 13.3. The van der Waals surface area contributed by atoms with Gasteiger partial charge in [0, 0.05) is 6.54 Å². The number of hydrogen-bond acceptors (Lipinski definition) is 6. The highest BCUT2D eigenvalue weighted by Crippen LogP contribution is 2.29. The number of alkyl halides is 2. The van der Waals surface area contributed by atoms with Gasteiger partial charge in [-0.2, -0.15) is 4.31 Å². The summed E-state index contributed by atoms with van der Waals surface area (Å²) in [7, 11) is -2.52. The highest BCUT2D eigenvalue weighted by molar-refractivity contribution is 7.89. The predicted octanol–water partition coefficient (Wildman–Crippen LogP) is 1.39. The van der Waals surface area contributed by atoms with Gasteiger partial charge in [-0.25, -0.2) is 17.8 Å². The number of primary amides is 1. The summed E-state index contributed by atoms with van der Waals surface area (Å²) in [4.78, 5) is 35.9. The van der Waals surface area contributed by atoms with Gasteiger partial charge in [0.25, 0.3) is 17.4 Å². The lowest BCUT2D eigenvalue weighted by molar-refractivity contribution is -0.146. The van der Waals surface area contributed by atoms with Crippen molar-refractivity contribution in [3.8, 4) is 16.9 Å². The normalized spacial score (nSPS) is 16.9. The van der Waals surface area contributed by atoms with Crippen LogP contribution in [0.4, 0.5) is 4.39 Å². The van der Waals surface area contributed by atoms with Gasteiger partial charge in [-0.15, -0.1) is 0 Å². The van der Waals surface area contributed by atoms with Gasteiger partial charge in [-0.1, -0.05) is 35.9 Å². The number of ether oxygens (including phenoxy) is 1. The van der Waals surface area contributed by atoms with Crippen LogP contribution in [-0.2, 0) is 24.4 Å². The van der Waals surface area contributed by atoms with Crippen molar-refractivity contribution in [1.29, 1.82) is 0 Å². The van der Waals surface area contributed by atoms with Crippen LogP contribution in [0, 0.1) is 0 Å². The number of carbonyl (C=O) groups is 3. The number of methoxy groups -OCH3 is 1. The van der Waals surface area contributed by atoms with E-state index in [0.29, 0.717) is 17.2 Å². The lowest BCUT2D eigenvalue weighted by Gasteiger charge is -2.27. The molecule has 1 aliphatic heterocycles. The van der Waals surface area contributed by atoms with Crippen LogP contribution in [0.25, 0.3) is 11.1 Å². The molecule has 1 fully saturated rings. The zero-order valence-electron chi connectivity index (χ0n) is 18.7. The number of nitrogens with two attached hydrogens (primary N) is 1. The molecular formula is C22H24ClFN4O6S. The van der Waals surface area contributed by atoms with Gasteiger partial charge in [0.05, 0.1) is 12.0 Å². The standard InChI is InChI=1S/C22H24ClFN4O6S/c1-34-16-8-4-14(5-9-16)15-6-10-17(11-7-15)35(32,33)28-12-2-3-18(28)21(30)26-27(13-19(25)29)22(31)20(23)24/h4-11,18,20H,2-3,12-13H2,1H3,(H2,25,29)(H,26,30)/t18-,20+/m0/s1. The van der Waals surface area contributed by atoms with Gasteiger partial charge in [0.1, 0.15) is 18.3 Å². The first-order valence-corrected chi connectivity index (χ1v) is 12.4. The molecule has 35 heavy (non-hydrogen) atoms. The van der Waals surface area contributed by atoms with Gasteiger partial charge >= 0.3 is 0 Å². The predicted molar refractivity (Wildman–Crippen MR) is 125 cm³/mol. The Bertz CT molecular complexity index is 1190. The average molecular weight is 527 g/mol. The molecule has 3 rings (SSSR count). The average Bonchev–Trinajstić information content (AvgIpc) is 3.34. The van der Waals surface area contributed by atoms with Gasteiger partial charge in [-0.3, -0.25) is 19.8 Å². The van der Waals surface area contributed by atoms with Gasteiger partial charge in [0.2, 0.25) is 15.9 Å². The summed E-state index contributed by atoms with van der Waals surface area (Å²) in [5.74, 6) is -2.65. The fourth-order valence-corrected chi connectivity index (χ4v) is 5.46. The van der Waals surface area contributed by atoms with Gasteiger partial charge in [-0.05, 0) is 48.2 Å². The Hall–Kier alpha value is -3.22. The molecule has 1 saturated heterocycles. The van der Waals surface area contributed by atoms with E-state index >= 15 is 0 Å². The lowest BCUT2D eigenvalue weighted by atomic mass is 10.1. The van der Waals surface area contributed by atoms with Crippen LogP contribution in [0.3, 0.4) is 0 Å². The molecule has 3 N–H and O–H groups in total.